The fraction of sp³-hybridized carbons (Fsp3) is 0.300. The fourth-order valence-electron chi connectivity index (χ4n) is 3.83. The maximum Gasteiger partial charge on any atom is 0.140 e. The lowest BCUT2D eigenvalue weighted by Crippen LogP contribution is -2.29. The Labute approximate surface area is 142 Å². The summed E-state index contributed by atoms with van der Waals surface area (Å²) in [6.45, 7) is 5.81. The highest BCUT2D eigenvalue weighted by Gasteiger charge is 2.51. The Morgan fingerprint density at radius 3 is 2.25 bits per heavy atom. The third-order valence-corrected chi connectivity index (χ3v) is 4.86. The topological polar surface area (TPSA) is 95.2 Å². The number of allylic oxidation sites excluding steroid dienone is 3. The van der Waals surface area contributed by atoms with Crippen LogP contribution >= 0.6 is 0 Å². The maximum absolute atomic E-state index is 9.45. The van der Waals surface area contributed by atoms with Crippen LogP contribution in [0.15, 0.2) is 48.6 Å². The summed E-state index contributed by atoms with van der Waals surface area (Å²) < 4.78 is 0. The highest BCUT2D eigenvalue weighted by Crippen LogP contribution is 2.60. The third kappa shape index (κ3) is 2.56. The number of hydrogen-bond acceptors (Lipinski definition) is 4. The molecule has 3 atom stereocenters. The van der Waals surface area contributed by atoms with E-state index in [9.17, 15) is 10.5 Å². The lowest BCUT2D eigenvalue weighted by atomic mass is 9.65. The van der Waals surface area contributed by atoms with Crippen LogP contribution in [-0.4, -0.2) is 0 Å². The molecule has 4 nitrogen and oxygen atoms in total. The van der Waals surface area contributed by atoms with Crippen LogP contribution in [0.25, 0.3) is 0 Å². The lowest BCUT2D eigenvalue weighted by molar-refractivity contribution is 0.234. The number of benzene rings is 1. The van der Waals surface area contributed by atoms with Crippen molar-refractivity contribution >= 4 is 0 Å². The van der Waals surface area contributed by atoms with E-state index < -0.39 is 11.3 Å². The van der Waals surface area contributed by atoms with E-state index in [0.717, 1.165) is 11.1 Å². The van der Waals surface area contributed by atoms with Crippen LogP contribution in [0.3, 0.4) is 0 Å². The van der Waals surface area contributed by atoms with Gasteiger partial charge in [0.05, 0.1) is 12.1 Å². The summed E-state index contributed by atoms with van der Waals surface area (Å²) in [5, 5.41) is 37.2. The van der Waals surface area contributed by atoms with Gasteiger partial charge in [-0.3, -0.25) is 0 Å². The first-order valence-electron chi connectivity index (χ1n) is 7.58. The highest BCUT2D eigenvalue weighted by molar-refractivity contribution is 5.50. The molecule has 0 saturated carbocycles. The average Bonchev–Trinajstić information content (AvgIpc) is 2.83. The van der Waals surface area contributed by atoms with Gasteiger partial charge in [0.1, 0.15) is 23.6 Å². The summed E-state index contributed by atoms with van der Waals surface area (Å²) in [5.74, 6) is -1.33. The van der Waals surface area contributed by atoms with E-state index >= 15 is 0 Å². The molecule has 0 amide bonds. The van der Waals surface area contributed by atoms with Gasteiger partial charge in [0.25, 0.3) is 0 Å². The van der Waals surface area contributed by atoms with Crippen molar-refractivity contribution in [2.24, 2.45) is 11.3 Å². The molecule has 0 aromatic heterocycles. The second-order valence-corrected chi connectivity index (χ2v) is 6.12. The van der Waals surface area contributed by atoms with Gasteiger partial charge in [-0.25, -0.2) is 0 Å². The Morgan fingerprint density at radius 1 is 1.17 bits per heavy atom. The van der Waals surface area contributed by atoms with Crippen molar-refractivity contribution in [3.8, 4) is 24.3 Å². The molecular weight excluding hydrogens is 296 g/mol. The summed E-state index contributed by atoms with van der Waals surface area (Å²) in [5.41, 5.74) is 1.44. The van der Waals surface area contributed by atoms with Crippen LogP contribution in [0.2, 0.25) is 0 Å². The van der Waals surface area contributed by atoms with Crippen molar-refractivity contribution in [1.29, 1.82) is 21.0 Å². The minimum Gasteiger partial charge on any atom is -0.197 e. The van der Waals surface area contributed by atoms with Crippen molar-refractivity contribution in [2.45, 2.75) is 25.2 Å². The highest BCUT2D eigenvalue weighted by atomic mass is 14.5. The van der Waals surface area contributed by atoms with Gasteiger partial charge in [-0.1, -0.05) is 37.3 Å². The van der Waals surface area contributed by atoms with E-state index in [1.165, 1.54) is 0 Å². The summed E-state index contributed by atoms with van der Waals surface area (Å²) in [7, 11) is 0. The normalized spacial score (nSPS) is 23.9. The van der Waals surface area contributed by atoms with E-state index in [-0.39, 0.29) is 17.4 Å². The van der Waals surface area contributed by atoms with Gasteiger partial charge in [0, 0.05) is 11.8 Å². The summed E-state index contributed by atoms with van der Waals surface area (Å²) in [6, 6.07) is 15.7. The zero-order chi connectivity index (χ0) is 17.7. The average molecular weight is 312 g/mol. The van der Waals surface area contributed by atoms with E-state index in [4.69, 9.17) is 10.5 Å². The third-order valence-electron chi connectivity index (χ3n) is 4.86. The summed E-state index contributed by atoms with van der Waals surface area (Å²) in [6.07, 6.45) is 4.00. The zero-order valence-electron chi connectivity index (χ0n) is 13.4. The molecule has 0 radical (unpaired) electrons. The Kier molecular flexibility index (Phi) is 4.84. The minimum atomic E-state index is -0.804. The molecule has 0 spiro atoms. The second kappa shape index (κ2) is 6.83. The first kappa shape index (κ1) is 17.0. The molecule has 2 unspecified atom stereocenters. The van der Waals surface area contributed by atoms with Crippen molar-refractivity contribution < 1.29 is 0 Å². The molecule has 1 aromatic carbocycles. The van der Waals surface area contributed by atoms with Crippen molar-refractivity contribution in [3.05, 3.63) is 59.7 Å². The van der Waals surface area contributed by atoms with Crippen LogP contribution in [0.4, 0.5) is 0 Å². The van der Waals surface area contributed by atoms with Crippen LogP contribution < -0.4 is 0 Å². The summed E-state index contributed by atoms with van der Waals surface area (Å²) >= 11 is 0. The van der Waals surface area contributed by atoms with Gasteiger partial charge >= 0.3 is 0 Å². The molecule has 24 heavy (non-hydrogen) atoms. The van der Waals surface area contributed by atoms with E-state index in [2.05, 4.69) is 18.7 Å². The predicted molar refractivity (Wildman–Crippen MR) is 88.9 cm³/mol. The maximum atomic E-state index is 9.45. The Balaban J connectivity index is 2.76. The van der Waals surface area contributed by atoms with E-state index in [1.807, 2.05) is 43.3 Å². The number of hydrogen-bond donors (Lipinski definition) is 0. The fourth-order valence-corrected chi connectivity index (χ4v) is 3.83. The minimum absolute atomic E-state index is 0.0382. The predicted octanol–water partition coefficient (Wildman–Crippen LogP) is 4.09. The van der Waals surface area contributed by atoms with E-state index in [1.54, 1.807) is 12.2 Å². The van der Waals surface area contributed by atoms with Gasteiger partial charge in [-0.15, -0.1) is 6.58 Å². The monoisotopic (exact) mass is 312 g/mol. The molecule has 0 fully saturated rings. The largest absolute Gasteiger partial charge is 0.197 e. The van der Waals surface area contributed by atoms with Gasteiger partial charge in [0.15, 0.2) is 0 Å². The lowest BCUT2D eigenvalue weighted by Gasteiger charge is -2.36. The number of nitrogens with zero attached hydrogens (tertiary/aromatic N) is 4. The first-order chi connectivity index (χ1) is 11.6. The Hall–Kier alpha value is -3.34. The molecule has 1 aliphatic carbocycles. The Bertz CT molecular complexity index is 823. The number of fused-ring (bicyclic) bond motifs is 1. The van der Waals surface area contributed by atoms with Gasteiger partial charge < -0.3 is 0 Å². The summed E-state index contributed by atoms with van der Waals surface area (Å²) in [4.78, 5) is 0. The smallest absolute Gasteiger partial charge is 0.140 e. The molecule has 0 N–H and O–H groups in total. The van der Waals surface area contributed by atoms with E-state index in [0.29, 0.717) is 6.42 Å². The molecular formula is C20H16N4. The zero-order valence-corrected chi connectivity index (χ0v) is 13.4. The van der Waals surface area contributed by atoms with Crippen LogP contribution in [0.5, 0.6) is 0 Å². The molecule has 0 aliphatic heterocycles. The molecule has 4 heteroatoms. The molecule has 0 saturated heterocycles. The molecule has 1 aliphatic rings. The second-order valence-electron chi connectivity index (χ2n) is 6.12. The Morgan fingerprint density at radius 2 is 1.75 bits per heavy atom. The standard InChI is InChI=1S/C20H16N4/c1-3-8-20(2)18(9-14(10-21)11-22)16-6-4-5-7-17(16)19(20)15(12-23)13-24/h3-7,9,15,18-19H,1,8H2,2H3/t18?,19-,20?/m1/s1. The van der Waals surface area contributed by atoms with Crippen molar-refractivity contribution in [2.75, 3.05) is 0 Å². The quantitative estimate of drug-likeness (QED) is 0.618. The van der Waals surface area contributed by atoms with Crippen LogP contribution in [-0.2, 0) is 0 Å². The molecule has 0 bridgehead atoms. The van der Waals surface area contributed by atoms with Gasteiger partial charge in [-0.2, -0.15) is 21.0 Å². The molecule has 1 aromatic rings. The molecule has 0 heterocycles. The van der Waals surface area contributed by atoms with Crippen molar-refractivity contribution in [1.82, 2.24) is 0 Å². The first-order valence-corrected chi connectivity index (χ1v) is 7.58. The molecule has 116 valence electrons. The van der Waals surface area contributed by atoms with Crippen LogP contribution in [0.1, 0.15) is 36.3 Å². The SMILES string of the molecule is C=CCC1(C)C(C=C(C#N)C#N)c2ccccc2[C@H]1C(C#N)C#N. The van der Waals surface area contributed by atoms with Crippen molar-refractivity contribution in [3.63, 3.8) is 0 Å². The van der Waals surface area contributed by atoms with Gasteiger partial charge in [0.2, 0.25) is 0 Å². The van der Waals surface area contributed by atoms with Crippen LogP contribution in [0, 0.1) is 56.7 Å². The number of rotatable bonds is 4. The number of nitriles is 4. The molecule has 2 rings (SSSR count). The van der Waals surface area contributed by atoms with Gasteiger partial charge in [-0.05, 0) is 29.0 Å².